The molecule has 7 nitrogen and oxygen atoms in total. The Bertz CT molecular complexity index is 801. The molecule has 0 aliphatic heterocycles. The molecule has 0 aliphatic carbocycles. The van der Waals surface area contributed by atoms with E-state index in [1.807, 2.05) is 25.1 Å². The molecular formula is C20H23N3O4. The van der Waals surface area contributed by atoms with Crippen LogP contribution in [0.1, 0.15) is 25.0 Å². The molecule has 2 rings (SSSR count). The fourth-order valence-corrected chi connectivity index (χ4v) is 2.14. The van der Waals surface area contributed by atoms with Crippen LogP contribution >= 0.6 is 0 Å². The number of benzene rings is 2. The summed E-state index contributed by atoms with van der Waals surface area (Å²) >= 11 is 0. The van der Waals surface area contributed by atoms with Gasteiger partial charge in [0.25, 0.3) is 0 Å². The van der Waals surface area contributed by atoms with Crippen LogP contribution in [-0.2, 0) is 9.53 Å². The highest BCUT2D eigenvalue weighted by molar-refractivity contribution is 5.90. The SMILES string of the molecule is Cc1cccc(NC(=O)N/N=C/c2ccc(OCC(=O)OC(C)C)cc2)c1. The molecule has 0 unspecified atom stereocenters. The predicted molar refractivity (Wildman–Crippen MR) is 104 cm³/mol. The molecular weight excluding hydrogens is 346 g/mol. The highest BCUT2D eigenvalue weighted by Crippen LogP contribution is 2.11. The molecule has 0 aromatic heterocycles. The fourth-order valence-electron chi connectivity index (χ4n) is 2.14. The summed E-state index contributed by atoms with van der Waals surface area (Å²) in [4.78, 5) is 23.2. The highest BCUT2D eigenvalue weighted by Gasteiger charge is 2.06. The monoisotopic (exact) mass is 369 g/mol. The molecule has 0 fully saturated rings. The zero-order valence-electron chi connectivity index (χ0n) is 15.6. The summed E-state index contributed by atoms with van der Waals surface area (Å²) in [6.45, 7) is 5.36. The number of aryl methyl sites for hydroxylation is 1. The third kappa shape index (κ3) is 7.60. The number of hydrogen-bond donors (Lipinski definition) is 2. The van der Waals surface area contributed by atoms with E-state index in [2.05, 4.69) is 15.8 Å². The van der Waals surface area contributed by atoms with Gasteiger partial charge in [0.05, 0.1) is 12.3 Å². The topological polar surface area (TPSA) is 89.0 Å². The molecule has 0 aliphatic rings. The Balaban J connectivity index is 1.78. The van der Waals surface area contributed by atoms with Gasteiger partial charge in [-0.05, 0) is 68.3 Å². The van der Waals surface area contributed by atoms with Crippen molar-refractivity contribution in [2.24, 2.45) is 5.10 Å². The van der Waals surface area contributed by atoms with Gasteiger partial charge < -0.3 is 14.8 Å². The maximum Gasteiger partial charge on any atom is 0.344 e. The second kappa shape index (κ2) is 9.96. The van der Waals surface area contributed by atoms with Gasteiger partial charge in [0.1, 0.15) is 5.75 Å². The minimum Gasteiger partial charge on any atom is -0.482 e. The summed E-state index contributed by atoms with van der Waals surface area (Å²) in [5.41, 5.74) is 4.91. The van der Waals surface area contributed by atoms with Crippen LogP contribution in [0, 0.1) is 6.92 Å². The Morgan fingerprint density at radius 1 is 1.15 bits per heavy atom. The molecule has 2 amide bonds. The molecule has 0 saturated carbocycles. The van der Waals surface area contributed by atoms with E-state index in [-0.39, 0.29) is 12.7 Å². The summed E-state index contributed by atoms with van der Waals surface area (Å²) in [5.74, 6) is 0.123. The van der Waals surface area contributed by atoms with Gasteiger partial charge in [0.15, 0.2) is 6.61 Å². The first-order chi connectivity index (χ1) is 12.9. The summed E-state index contributed by atoms with van der Waals surface area (Å²) in [6, 6.07) is 14.0. The summed E-state index contributed by atoms with van der Waals surface area (Å²) in [6.07, 6.45) is 1.34. The molecule has 2 aromatic rings. The number of carbonyl (C=O) groups is 2. The Kier molecular flexibility index (Phi) is 7.37. The second-order valence-corrected chi connectivity index (χ2v) is 6.09. The van der Waals surface area contributed by atoms with Gasteiger partial charge in [-0.1, -0.05) is 12.1 Å². The van der Waals surface area contributed by atoms with E-state index < -0.39 is 12.0 Å². The summed E-state index contributed by atoms with van der Waals surface area (Å²) < 4.78 is 10.3. The highest BCUT2D eigenvalue weighted by atomic mass is 16.6. The minimum atomic E-state index is -0.430. The minimum absolute atomic E-state index is 0.147. The lowest BCUT2D eigenvalue weighted by Gasteiger charge is -2.09. The Hall–Kier alpha value is -3.35. The van der Waals surface area contributed by atoms with Crippen LogP contribution in [-0.4, -0.2) is 30.9 Å². The molecule has 27 heavy (non-hydrogen) atoms. The summed E-state index contributed by atoms with van der Waals surface area (Å²) in [7, 11) is 0. The molecule has 0 atom stereocenters. The number of carbonyl (C=O) groups excluding carboxylic acids is 2. The van der Waals surface area contributed by atoms with Gasteiger partial charge in [-0.2, -0.15) is 5.10 Å². The molecule has 0 heterocycles. The largest absolute Gasteiger partial charge is 0.482 e. The molecule has 2 aromatic carbocycles. The van der Waals surface area contributed by atoms with Crippen LogP contribution in [0.3, 0.4) is 0 Å². The van der Waals surface area contributed by atoms with Crippen molar-refractivity contribution in [1.29, 1.82) is 0 Å². The fraction of sp³-hybridized carbons (Fsp3) is 0.250. The first-order valence-electron chi connectivity index (χ1n) is 8.51. The first kappa shape index (κ1) is 20.0. The third-order valence-electron chi connectivity index (χ3n) is 3.26. The number of esters is 1. The van der Waals surface area contributed by atoms with E-state index >= 15 is 0 Å². The number of urea groups is 1. The van der Waals surface area contributed by atoms with Crippen molar-refractivity contribution in [2.45, 2.75) is 26.9 Å². The average molecular weight is 369 g/mol. The molecule has 2 N–H and O–H groups in total. The first-order valence-corrected chi connectivity index (χ1v) is 8.51. The van der Waals surface area contributed by atoms with Crippen molar-refractivity contribution in [1.82, 2.24) is 5.43 Å². The normalized spacial score (nSPS) is 10.7. The summed E-state index contributed by atoms with van der Waals surface area (Å²) in [5, 5.41) is 6.59. The van der Waals surface area contributed by atoms with Crippen LogP contribution in [0.5, 0.6) is 5.75 Å². The molecule has 7 heteroatoms. The Morgan fingerprint density at radius 3 is 2.56 bits per heavy atom. The Labute approximate surface area is 158 Å². The number of amides is 2. The van der Waals surface area contributed by atoms with Gasteiger partial charge in [-0.3, -0.25) is 0 Å². The van der Waals surface area contributed by atoms with Crippen molar-refractivity contribution < 1.29 is 19.1 Å². The number of rotatable bonds is 7. The maximum atomic E-state index is 11.8. The molecule has 142 valence electrons. The van der Waals surface area contributed by atoms with Crippen LogP contribution in [0.25, 0.3) is 0 Å². The van der Waals surface area contributed by atoms with E-state index in [9.17, 15) is 9.59 Å². The quantitative estimate of drug-likeness (QED) is 0.444. The van der Waals surface area contributed by atoms with Crippen molar-refractivity contribution in [2.75, 3.05) is 11.9 Å². The van der Waals surface area contributed by atoms with Crippen LogP contribution in [0.15, 0.2) is 53.6 Å². The molecule has 0 spiro atoms. The van der Waals surface area contributed by atoms with Gasteiger partial charge in [-0.25, -0.2) is 15.0 Å². The van der Waals surface area contributed by atoms with Crippen molar-refractivity contribution in [3.8, 4) is 5.75 Å². The lowest BCUT2D eigenvalue weighted by atomic mass is 10.2. The third-order valence-corrected chi connectivity index (χ3v) is 3.26. The number of hydrogen-bond acceptors (Lipinski definition) is 5. The maximum absolute atomic E-state index is 11.8. The number of hydrazone groups is 1. The van der Waals surface area contributed by atoms with Gasteiger partial charge >= 0.3 is 12.0 Å². The zero-order valence-corrected chi connectivity index (χ0v) is 15.6. The van der Waals surface area contributed by atoms with Crippen LogP contribution in [0.2, 0.25) is 0 Å². The van der Waals surface area contributed by atoms with Crippen LogP contribution in [0.4, 0.5) is 10.5 Å². The van der Waals surface area contributed by atoms with Gasteiger partial charge in [0, 0.05) is 5.69 Å². The number of nitrogens with one attached hydrogen (secondary N) is 2. The molecule has 0 bridgehead atoms. The van der Waals surface area contributed by atoms with Crippen molar-refractivity contribution >= 4 is 23.9 Å². The van der Waals surface area contributed by atoms with E-state index in [0.29, 0.717) is 11.4 Å². The van der Waals surface area contributed by atoms with Crippen LogP contribution < -0.4 is 15.5 Å². The lowest BCUT2D eigenvalue weighted by molar-refractivity contribution is -0.149. The van der Waals surface area contributed by atoms with E-state index in [4.69, 9.17) is 9.47 Å². The van der Waals surface area contributed by atoms with E-state index in [1.54, 1.807) is 44.2 Å². The van der Waals surface area contributed by atoms with E-state index in [0.717, 1.165) is 11.1 Å². The molecule has 0 saturated heterocycles. The second-order valence-electron chi connectivity index (χ2n) is 6.09. The number of nitrogens with zero attached hydrogens (tertiary/aromatic N) is 1. The van der Waals surface area contributed by atoms with Gasteiger partial charge in [-0.15, -0.1) is 0 Å². The smallest absolute Gasteiger partial charge is 0.344 e. The standard InChI is InChI=1S/C20H23N3O4/c1-14(2)27-19(24)13-26-18-9-7-16(8-10-18)12-21-23-20(25)22-17-6-4-5-15(3)11-17/h4-12,14H,13H2,1-3H3,(H2,22,23,25)/b21-12+. The molecule has 0 radical (unpaired) electrons. The Morgan fingerprint density at radius 2 is 1.89 bits per heavy atom. The van der Waals surface area contributed by atoms with Crippen molar-refractivity contribution in [3.05, 3.63) is 59.7 Å². The van der Waals surface area contributed by atoms with Gasteiger partial charge in [0.2, 0.25) is 0 Å². The average Bonchev–Trinajstić information content (AvgIpc) is 2.60. The number of anilines is 1. The number of ether oxygens (including phenoxy) is 2. The lowest BCUT2D eigenvalue weighted by Crippen LogP contribution is -2.24. The van der Waals surface area contributed by atoms with E-state index in [1.165, 1.54) is 6.21 Å². The predicted octanol–water partition coefficient (Wildman–Crippen LogP) is 3.48. The van der Waals surface area contributed by atoms with Crippen molar-refractivity contribution in [3.63, 3.8) is 0 Å². The zero-order chi connectivity index (χ0) is 19.6.